The van der Waals surface area contributed by atoms with E-state index in [0.717, 1.165) is 6.42 Å². The van der Waals surface area contributed by atoms with Crippen molar-refractivity contribution in [2.45, 2.75) is 40.2 Å². The summed E-state index contributed by atoms with van der Waals surface area (Å²) in [6.45, 7) is 8.66. The van der Waals surface area contributed by atoms with Crippen LogP contribution >= 0.6 is 0 Å². The Balaban J connectivity index is 2.82. The van der Waals surface area contributed by atoms with E-state index < -0.39 is 0 Å². The van der Waals surface area contributed by atoms with Crippen molar-refractivity contribution < 1.29 is 0 Å². The van der Waals surface area contributed by atoms with E-state index in [1.807, 2.05) is 0 Å². The Morgan fingerprint density at radius 1 is 1.27 bits per heavy atom. The van der Waals surface area contributed by atoms with E-state index in [9.17, 15) is 0 Å². The highest BCUT2D eigenvalue weighted by Crippen LogP contribution is 2.15. The van der Waals surface area contributed by atoms with Crippen molar-refractivity contribution in [3.05, 3.63) is 34.9 Å². The van der Waals surface area contributed by atoms with Crippen molar-refractivity contribution >= 4 is 0 Å². The summed E-state index contributed by atoms with van der Waals surface area (Å²) in [7, 11) is 0. The van der Waals surface area contributed by atoms with Crippen LogP contribution in [-0.2, 0) is 6.42 Å². The van der Waals surface area contributed by atoms with Gasteiger partial charge >= 0.3 is 0 Å². The highest BCUT2D eigenvalue weighted by Gasteiger charge is 2.13. The maximum Gasteiger partial charge on any atom is 0.0273 e. The second-order valence-electron chi connectivity index (χ2n) is 4.65. The fourth-order valence-corrected chi connectivity index (χ4v) is 1.74. The number of hydrazine groups is 1. The van der Waals surface area contributed by atoms with Gasteiger partial charge in [-0.05, 0) is 37.3 Å². The molecule has 2 heteroatoms. The summed E-state index contributed by atoms with van der Waals surface area (Å²) in [6.07, 6.45) is 1.00. The highest BCUT2D eigenvalue weighted by molar-refractivity contribution is 5.31. The molecule has 0 radical (unpaired) electrons. The molecular formula is C13H22N2. The van der Waals surface area contributed by atoms with Gasteiger partial charge in [-0.1, -0.05) is 37.6 Å². The highest BCUT2D eigenvalue weighted by atomic mass is 15.2. The Labute approximate surface area is 92.8 Å². The number of benzene rings is 1. The molecule has 0 fully saturated rings. The topological polar surface area (TPSA) is 38.0 Å². The summed E-state index contributed by atoms with van der Waals surface area (Å²) < 4.78 is 0. The second-order valence-corrected chi connectivity index (χ2v) is 4.65. The third-order valence-corrected chi connectivity index (χ3v) is 2.96. The van der Waals surface area contributed by atoms with Crippen LogP contribution in [0.5, 0.6) is 0 Å². The van der Waals surface area contributed by atoms with Crippen LogP contribution < -0.4 is 11.3 Å². The van der Waals surface area contributed by atoms with Crippen LogP contribution in [0.15, 0.2) is 18.2 Å². The van der Waals surface area contributed by atoms with Crippen LogP contribution in [0.25, 0.3) is 0 Å². The predicted octanol–water partition coefficient (Wildman–Crippen LogP) is 2.33. The average Bonchev–Trinajstić information content (AvgIpc) is 2.18. The van der Waals surface area contributed by atoms with Crippen LogP contribution in [0.2, 0.25) is 0 Å². The molecule has 1 atom stereocenters. The van der Waals surface area contributed by atoms with Crippen molar-refractivity contribution in [1.29, 1.82) is 0 Å². The molecule has 0 aliphatic rings. The Bertz CT molecular complexity index is 318. The number of aryl methyl sites for hydroxylation is 2. The number of hydrogen-bond donors (Lipinski definition) is 2. The van der Waals surface area contributed by atoms with Gasteiger partial charge in [-0.3, -0.25) is 11.3 Å². The molecule has 1 rings (SSSR count). The van der Waals surface area contributed by atoms with Gasteiger partial charge in [-0.15, -0.1) is 0 Å². The normalized spacial score (nSPS) is 13.2. The number of rotatable bonds is 4. The standard InChI is InChI=1S/C13H22N2/c1-9(2)13(15-14)8-12-7-10(3)5-6-11(12)4/h5-7,9,13,15H,8,14H2,1-4H3. The van der Waals surface area contributed by atoms with Crippen LogP contribution in [0, 0.1) is 19.8 Å². The second kappa shape index (κ2) is 5.29. The van der Waals surface area contributed by atoms with E-state index in [1.54, 1.807) is 0 Å². The van der Waals surface area contributed by atoms with E-state index in [-0.39, 0.29) is 0 Å². The first-order chi connectivity index (χ1) is 7.04. The molecule has 3 N–H and O–H groups in total. The molecule has 0 saturated carbocycles. The van der Waals surface area contributed by atoms with Gasteiger partial charge < -0.3 is 0 Å². The zero-order chi connectivity index (χ0) is 11.4. The van der Waals surface area contributed by atoms with E-state index in [1.165, 1.54) is 16.7 Å². The van der Waals surface area contributed by atoms with E-state index in [4.69, 9.17) is 5.84 Å². The molecule has 0 saturated heterocycles. The molecule has 84 valence electrons. The third kappa shape index (κ3) is 3.33. The van der Waals surface area contributed by atoms with Crippen molar-refractivity contribution in [2.75, 3.05) is 0 Å². The van der Waals surface area contributed by atoms with Crippen LogP contribution in [0.1, 0.15) is 30.5 Å². The smallest absolute Gasteiger partial charge is 0.0273 e. The lowest BCUT2D eigenvalue weighted by Crippen LogP contribution is -2.40. The Morgan fingerprint density at radius 2 is 1.93 bits per heavy atom. The van der Waals surface area contributed by atoms with Crippen molar-refractivity contribution in [2.24, 2.45) is 11.8 Å². The molecule has 1 aromatic carbocycles. The van der Waals surface area contributed by atoms with Gasteiger partial charge in [0.2, 0.25) is 0 Å². The summed E-state index contributed by atoms with van der Waals surface area (Å²) in [5, 5.41) is 0. The number of nitrogens with two attached hydrogens (primary N) is 1. The van der Waals surface area contributed by atoms with Crippen LogP contribution in [-0.4, -0.2) is 6.04 Å². The van der Waals surface area contributed by atoms with Gasteiger partial charge in [0.05, 0.1) is 0 Å². The molecule has 15 heavy (non-hydrogen) atoms. The summed E-state index contributed by atoms with van der Waals surface area (Å²) in [5.74, 6) is 6.11. The van der Waals surface area contributed by atoms with Gasteiger partial charge in [-0.2, -0.15) is 0 Å². The van der Waals surface area contributed by atoms with Gasteiger partial charge in [0.1, 0.15) is 0 Å². The lowest BCUT2D eigenvalue weighted by atomic mass is 9.93. The van der Waals surface area contributed by atoms with Gasteiger partial charge in [0.25, 0.3) is 0 Å². The van der Waals surface area contributed by atoms with Gasteiger partial charge in [0, 0.05) is 6.04 Å². The summed E-state index contributed by atoms with van der Waals surface area (Å²) in [5.41, 5.74) is 6.96. The molecule has 0 aliphatic heterocycles. The number of hydrogen-bond acceptors (Lipinski definition) is 2. The minimum Gasteiger partial charge on any atom is -0.271 e. The fraction of sp³-hybridized carbons (Fsp3) is 0.538. The largest absolute Gasteiger partial charge is 0.271 e. The minimum atomic E-state index is 0.352. The van der Waals surface area contributed by atoms with E-state index in [0.29, 0.717) is 12.0 Å². The maximum atomic E-state index is 5.56. The predicted molar refractivity (Wildman–Crippen MR) is 65.6 cm³/mol. The molecular weight excluding hydrogens is 184 g/mol. The summed E-state index contributed by atoms with van der Waals surface area (Å²) in [6, 6.07) is 6.94. The zero-order valence-corrected chi connectivity index (χ0v) is 10.2. The molecule has 0 bridgehead atoms. The lowest BCUT2D eigenvalue weighted by Gasteiger charge is -2.21. The van der Waals surface area contributed by atoms with E-state index in [2.05, 4.69) is 51.3 Å². The van der Waals surface area contributed by atoms with Crippen molar-refractivity contribution in [1.82, 2.24) is 5.43 Å². The quantitative estimate of drug-likeness (QED) is 0.586. The SMILES string of the molecule is Cc1ccc(C)c(CC(NN)C(C)C)c1. The Hall–Kier alpha value is -0.860. The molecule has 2 nitrogen and oxygen atoms in total. The fourth-order valence-electron chi connectivity index (χ4n) is 1.74. The Morgan fingerprint density at radius 3 is 2.47 bits per heavy atom. The molecule has 0 aromatic heterocycles. The van der Waals surface area contributed by atoms with Crippen molar-refractivity contribution in [3.8, 4) is 0 Å². The first-order valence-corrected chi connectivity index (χ1v) is 5.57. The third-order valence-electron chi connectivity index (χ3n) is 2.96. The summed E-state index contributed by atoms with van der Waals surface area (Å²) in [4.78, 5) is 0. The van der Waals surface area contributed by atoms with Crippen molar-refractivity contribution in [3.63, 3.8) is 0 Å². The van der Waals surface area contributed by atoms with E-state index >= 15 is 0 Å². The molecule has 1 unspecified atom stereocenters. The molecule has 0 amide bonds. The minimum absolute atomic E-state index is 0.352. The molecule has 0 aliphatic carbocycles. The lowest BCUT2D eigenvalue weighted by molar-refractivity contribution is 0.404. The molecule has 0 spiro atoms. The monoisotopic (exact) mass is 206 g/mol. The molecule has 0 heterocycles. The first-order valence-electron chi connectivity index (χ1n) is 5.57. The first kappa shape index (κ1) is 12.2. The van der Waals surface area contributed by atoms with Crippen LogP contribution in [0.3, 0.4) is 0 Å². The molecule has 1 aromatic rings. The number of nitrogens with one attached hydrogen (secondary N) is 1. The zero-order valence-electron chi connectivity index (χ0n) is 10.2. The maximum absolute atomic E-state index is 5.56. The summed E-state index contributed by atoms with van der Waals surface area (Å²) >= 11 is 0. The van der Waals surface area contributed by atoms with Gasteiger partial charge in [0.15, 0.2) is 0 Å². The Kier molecular flexibility index (Phi) is 4.30. The average molecular weight is 206 g/mol. The van der Waals surface area contributed by atoms with Crippen LogP contribution in [0.4, 0.5) is 0 Å². The van der Waals surface area contributed by atoms with Gasteiger partial charge in [-0.25, -0.2) is 0 Å².